The highest BCUT2D eigenvalue weighted by atomic mass is 35.5. The largest absolute Gasteiger partial charge is 0.506 e. The predicted octanol–water partition coefficient (Wildman–Crippen LogP) is 3.00. The number of hydrogen-bond acceptors (Lipinski definition) is 2. The highest BCUT2D eigenvalue weighted by molar-refractivity contribution is 6.18. The Balaban J connectivity index is 2.37. The third kappa shape index (κ3) is 2.78. The average molecular weight is 294 g/mol. The van der Waals surface area contributed by atoms with E-state index in [0.717, 1.165) is 23.1 Å². The van der Waals surface area contributed by atoms with Crippen LogP contribution >= 0.6 is 11.6 Å². The number of rotatable bonds is 2. The molecular formula is C12H11ClF3NO2. The van der Waals surface area contributed by atoms with Crippen LogP contribution in [-0.4, -0.2) is 23.4 Å². The minimum absolute atomic E-state index is 0.108. The molecule has 1 heterocycles. The lowest BCUT2D eigenvalue weighted by atomic mass is 10.1. The third-order valence-corrected chi connectivity index (χ3v) is 3.45. The van der Waals surface area contributed by atoms with E-state index in [1.807, 2.05) is 0 Å². The number of benzene rings is 1. The van der Waals surface area contributed by atoms with Crippen molar-refractivity contribution in [3.63, 3.8) is 0 Å². The van der Waals surface area contributed by atoms with Crippen LogP contribution in [0.25, 0.3) is 0 Å². The third-order valence-electron chi connectivity index (χ3n) is 3.02. The Hall–Kier alpha value is -1.43. The summed E-state index contributed by atoms with van der Waals surface area (Å²) in [6.45, 7) is 0.219. The SMILES string of the molecule is O=C1CC(CCl)CN1c1cc(C(F)(F)F)ccc1O. The number of phenolic OH excluding ortho intramolecular Hbond substituents is 1. The summed E-state index contributed by atoms with van der Waals surface area (Å²) in [7, 11) is 0. The summed E-state index contributed by atoms with van der Waals surface area (Å²) in [6, 6.07) is 2.50. The van der Waals surface area contributed by atoms with Gasteiger partial charge >= 0.3 is 6.18 Å². The Morgan fingerprint density at radius 3 is 2.63 bits per heavy atom. The van der Waals surface area contributed by atoms with Gasteiger partial charge in [-0.2, -0.15) is 13.2 Å². The quantitative estimate of drug-likeness (QED) is 0.852. The summed E-state index contributed by atoms with van der Waals surface area (Å²) in [6.07, 6.45) is -4.34. The molecule has 1 N–H and O–H groups in total. The lowest BCUT2D eigenvalue weighted by Crippen LogP contribution is -2.25. The molecule has 0 spiro atoms. The maximum atomic E-state index is 12.6. The number of nitrogens with zero attached hydrogens (tertiary/aromatic N) is 1. The molecule has 3 nitrogen and oxygen atoms in total. The minimum Gasteiger partial charge on any atom is -0.506 e. The van der Waals surface area contributed by atoms with Crippen molar-refractivity contribution in [1.82, 2.24) is 0 Å². The number of hydrogen-bond donors (Lipinski definition) is 1. The van der Waals surface area contributed by atoms with Gasteiger partial charge in [-0.1, -0.05) is 0 Å². The van der Waals surface area contributed by atoms with Crippen LogP contribution in [0.2, 0.25) is 0 Å². The number of alkyl halides is 4. The topological polar surface area (TPSA) is 40.5 Å². The van der Waals surface area contributed by atoms with E-state index in [2.05, 4.69) is 0 Å². The molecule has 1 aromatic rings. The van der Waals surface area contributed by atoms with Gasteiger partial charge in [0.05, 0.1) is 11.3 Å². The van der Waals surface area contributed by atoms with Crippen LogP contribution in [0.4, 0.5) is 18.9 Å². The molecule has 1 aromatic carbocycles. The second-order valence-electron chi connectivity index (χ2n) is 4.43. The van der Waals surface area contributed by atoms with E-state index in [1.165, 1.54) is 0 Å². The summed E-state index contributed by atoms with van der Waals surface area (Å²) < 4.78 is 37.9. The van der Waals surface area contributed by atoms with Crippen LogP contribution in [0.5, 0.6) is 5.75 Å². The van der Waals surface area contributed by atoms with Crippen molar-refractivity contribution < 1.29 is 23.1 Å². The van der Waals surface area contributed by atoms with Crippen LogP contribution in [0.1, 0.15) is 12.0 Å². The average Bonchev–Trinajstić information content (AvgIpc) is 2.69. The fourth-order valence-corrected chi connectivity index (χ4v) is 2.24. The van der Waals surface area contributed by atoms with E-state index in [1.54, 1.807) is 0 Å². The highest BCUT2D eigenvalue weighted by Gasteiger charge is 2.35. The van der Waals surface area contributed by atoms with Crippen LogP contribution in [0, 0.1) is 5.92 Å². The first-order valence-electron chi connectivity index (χ1n) is 5.59. The van der Waals surface area contributed by atoms with Gasteiger partial charge in [-0.05, 0) is 24.1 Å². The molecule has 2 rings (SSSR count). The Morgan fingerprint density at radius 2 is 2.11 bits per heavy atom. The summed E-state index contributed by atoms with van der Waals surface area (Å²) in [5.41, 5.74) is -1.02. The van der Waals surface area contributed by atoms with Gasteiger partial charge in [-0.15, -0.1) is 11.6 Å². The van der Waals surface area contributed by atoms with Crippen LogP contribution < -0.4 is 4.90 Å². The van der Waals surface area contributed by atoms with Crippen molar-refractivity contribution >= 4 is 23.2 Å². The molecule has 1 amide bonds. The van der Waals surface area contributed by atoms with Gasteiger partial charge < -0.3 is 10.0 Å². The zero-order valence-electron chi connectivity index (χ0n) is 9.75. The Kier molecular flexibility index (Phi) is 3.62. The molecule has 7 heteroatoms. The standard InChI is InChI=1S/C12H11ClF3NO2/c13-5-7-3-11(19)17(6-7)9-4-8(12(14,15)16)1-2-10(9)18/h1-2,4,7,18H,3,5-6H2. The van der Waals surface area contributed by atoms with E-state index < -0.39 is 11.7 Å². The number of aromatic hydroxyl groups is 1. The van der Waals surface area contributed by atoms with Gasteiger partial charge in [-0.25, -0.2) is 0 Å². The van der Waals surface area contributed by atoms with Crippen molar-refractivity contribution in [1.29, 1.82) is 0 Å². The molecule has 0 bridgehead atoms. The molecule has 1 atom stereocenters. The molecule has 19 heavy (non-hydrogen) atoms. The smallest absolute Gasteiger partial charge is 0.416 e. The summed E-state index contributed by atoms with van der Waals surface area (Å²) in [4.78, 5) is 12.9. The van der Waals surface area contributed by atoms with Crippen molar-refractivity contribution in [3.05, 3.63) is 23.8 Å². The lowest BCUT2D eigenvalue weighted by Gasteiger charge is -2.19. The molecule has 0 radical (unpaired) electrons. The van der Waals surface area contributed by atoms with E-state index in [9.17, 15) is 23.1 Å². The molecule has 1 fully saturated rings. The van der Waals surface area contributed by atoms with Gasteiger partial charge in [0, 0.05) is 18.8 Å². The Labute approximate surface area is 112 Å². The van der Waals surface area contributed by atoms with E-state index in [4.69, 9.17) is 11.6 Å². The monoisotopic (exact) mass is 293 g/mol. The second kappa shape index (κ2) is 4.92. The summed E-state index contributed by atoms with van der Waals surface area (Å²) in [5.74, 6) is -0.540. The normalized spacial score (nSPS) is 20.1. The van der Waals surface area contributed by atoms with Crippen molar-refractivity contribution in [2.24, 2.45) is 5.92 Å². The molecule has 1 aliphatic rings. The van der Waals surface area contributed by atoms with Gasteiger partial charge in [0.25, 0.3) is 0 Å². The molecule has 1 unspecified atom stereocenters. The second-order valence-corrected chi connectivity index (χ2v) is 4.74. The Morgan fingerprint density at radius 1 is 1.42 bits per heavy atom. The first-order chi connectivity index (χ1) is 8.82. The molecule has 104 valence electrons. The van der Waals surface area contributed by atoms with Crippen molar-refractivity contribution in [3.8, 4) is 5.75 Å². The zero-order valence-corrected chi connectivity index (χ0v) is 10.5. The molecular weight excluding hydrogens is 283 g/mol. The fraction of sp³-hybridized carbons (Fsp3) is 0.417. The molecule has 0 saturated carbocycles. The number of carbonyl (C=O) groups excluding carboxylic acids is 1. The summed E-state index contributed by atoms with van der Waals surface area (Å²) in [5, 5.41) is 9.64. The van der Waals surface area contributed by atoms with Crippen LogP contribution in [-0.2, 0) is 11.0 Å². The van der Waals surface area contributed by atoms with Crippen LogP contribution in [0.15, 0.2) is 18.2 Å². The Bertz CT molecular complexity index is 504. The molecule has 0 aromatic heterocycles. The number of amides is 1. The van der Waals surface area contributed by atoms with Gasteiger partial charge in [0.15, 0.2) is 0 Å². The number of anilines is 1. The van der Waals surface area contributed by atoms with Crippen molar-refractivity contribution in [2.45, 2.75) is 12.6 Å². The van der Waals surface area contributed by atoms with E-state index in [0.29, 0.717) is 0 Å². The lowest BCUT2D eigenvalue weighted by molar-refractivity contribution is -0.137. The molecule has 1 aliphatic heterocycles. The van der Waals surface area contributed by atoms with Gasteiger partial charge in [0.2, 0.25) is 5.91 Å². The van der Waals surface area contributed by atoms with Crippen molar-refractivity contribution in [2.75, 3.05) is 17.3 Å². The highest BCUT2D eigenvalue weighted by Crippen LogP contribution is 2.38. The molecule has 1 saturated heterocycles. The predicted molar refractivity (Wildman–Crippen MR) is 64.3 cm³/mol. The maximum absolute atomic E-state index is 12.6. The first kappa shape index (κ1) is 14.0. The number of phenols is 1. The number of carbonyl (C=O) groups is 1. The minimum atomic E-state index is -4.52. The first-order valence-corrected chi connectivity index (χ1v) is 6.13. The molecule has 0 aliphatic carbocycles. The van der Waals surface area contributed by atoms with Gasteiger partial charge in [-0.3, -0.25) is 4.79 Å². The number of halogens is 4. The zero-order chi connectivity index (χ0) is 14.2. The fourth-order valence-electron chi connectivity index (χ4n) is 2.03. The van der Waals surface area contributed by atoms with Gasteiger partial charge in [0.1, 0.15) is 5.75 Å². The van der Waals surface area contributed by atoms with Crippen LogP contribution in [0.3, 0.4) is 0 Å². The van der Waals surface area contributed by atoms with E-state index in [-0.39, 0.29) is 42.1 Å². The maximum Gasteiger partial charge on any atom is 0.416 e. The summed E-state index contributed by atoms with van der Waals surface area (Å²) >= 11 is 5.65. The van der Waals surface area contributed by atoms with E-state index >= 15 is 0 Å².